The predicted molar refractivity (Wildman–Crippen MR) is 121 cm³/mol. The normalized spacial score (nSPS) is 12.1. The van der Waals surface area contributed by atoms with Gasteiger partial charge >= 0.3 is 12.4 Å². The van der Waals surface area contributed by atoms with Crippen LogP contribution in [0.15, 0.2) is 48.5 Å². The highest BCUT2D eigenvalue weighted by atomic mass is 19.4. The lowest BCUT2D eigenvalue weighted by Crippen LogP contribution is -2.20. The number of nitrogens with zero attached hydrogens (tertiary/aromatic N) is 3. The standard InChI is InChI=1S/C24H16F7N5O2/c1-11-19(34-22(38)14-9-17(21(32)37)33-16-4-2-3-15(25)18(14)16)20(24(29,30)31)35-36(11)10-12-5-7-13(8-6-12)23(26,27)28/h2-9H,10H2,1H3,(H2,32,37)(H,34,38). The number of halogens is 7. The quantitative estimate of drug-likeness (QED) is 0.336. The number of nitrogens with two attached hydrogens (primary N) is 1. The van der Waals surface area contributed by atoms with Gasteiger partial charge in [-0.15, -0.1) is 0 Å². The Balaban J connectivity index is 1.75. The van der Waals surface area contributed by atoms with Gasteiger partial charge in [0.15, 0.2) is 5.69 Å². The van der Waals surface area contributed by atoms with Crippen LogP contribution in [0.25, 0.3) is 10.9 Å². The Hall–Kier alpha value is -4.49. The minimum absolute atomic E-state index is 0.128. The average Bonchev–Trinajstić information content (AvgIpc) is 3.13. The molecule has 0 fully saturated rings. The van der Waals surface area contributed by atoms with Gasteiger partial charge in [-0.05, 0) is 42.8 Å². The highest BCUT2D eigenvalue weighted by molar-refractivity contribution is 6.14. The van der Waals surface area contributed by atoms with Gasteiger partial charge in [-0.2, -0.15) is 31.4 Å². The Bertz CT molecular complexity index is 1560. The van der Waals surface area contributed by atoms with Gasteiger partial charge in [-0.1, -0.05) is 18.2 Å². The first-order chi connectivity index (χ1) is 17.7. The number of alkyl halides is 6. The molecule has 0 aliphatic heterocycles. The van der Waals surface area contributed by atoms with Crippen molar-refractivity contribution in [2.75, 3.05) is 5.32 Å². The Morgan fingerprint density at radius 2 is 1.66 bits per heavy atom. The molecule has 2 heterocycles. The van der Waals surface area contributed by atoms with Crippen LogP contribution in [0.4, 0.5) is 36.4 Å². The van der Waals surface area contributed by atoms with Crippen LogP contribution in [0.1, 0.15) is 43.4 Å². The van der Waals surface area contributed by atoms with Crippen molar-refractivity contribution < 1.29 is 40.3 Å². The van der Waals surface area contributed by atoms with E-state index in [0.29, 0.717) is 0 Å². The number of fused-ring (bicyclic) bond motifs is 1. The second kappa shape index (κ2) is 9.43. The fourth-order valence-electron chi connectivity index (χ4n) is 3.75. The fraction of sp³-hybridized carbons (Fsp3) is 0.167. The fourth-order valence-corrected chi connectivity index (χ4v) is 3.75. The van der Waals surface area contributed by atoms with Gasteiger partial charge < -0.3 is 11.1 Å². The minimum Gasteiger partial charge on any atom is -0.364 e. The number of rotatable bonds is 5. The number of aromatic nitrogens is 3. The molecule has 0 atom stereocenters. The molecule has 198 valence electrons. The van der Waals surface area contributed by atoms with E-state index >= 15 is 0 Å². The number of pyridine rings is 1. The van der Waals surface area contributed by atoms with Crippen molar-refractivity contribution >= 4 is 28.4 Å². The topological polar surface area (TPSA) is 103 Å². The third kappa shape index (κ3) is 5.14. The molecule has 38 heavy (non-hydrogen) atoms. The minimum atomic E-state index is -5.04. The molecule has 14 heteroatoms. The molecular weight excluding hydrogens is 523 g/mol. The van der Waals surface area contributed by atoms with Gasteiger partial charge in [0.25, 0.3) is 11.8 Å². The number of hydrogen-bond donors (Lipinski definition) is 2. The van der Waals surface area contributed by atoms with Crippen LogP contribution >= 0.6 is 0 Å². The van der Waals surface area contributed by atoms with E-state index in [1.54, 1.807) is 0 Å². The molecule has 4 aromatic rings. The summed E-state index contributed by atoms with van der Waals surface area (Å²) in [6.45, 7) is 0.865. The van der Waals surface area contributed by atoms with Crippen molar-refractivity contribution in [2.45, 2.75) is 25.8 Å². The highest BCUT2D eigenvalue weighted by Gasteiger charge is 2.39. The summed E-state index contributed by atoms with van der Waals surface area (Å²) in [5, 5.41) is 5.25. The summed E-state index contributed by atoms with van der Waals surface area (Å²) in [5.74, 6) is -3.17. The summed E-state index contributed by atoms with van der Waals surface area (Å²) in [6, 6.07) is 8.14. The van der Waals surface area contributed by atoms with E-state index in [-0.39, 0.29) is 28.7 Å². The second-order valence-corrected chi connectivity index (χ2v) is 8.17. The molecular formula is C24H16F7N5O2. The van der Waals surface area contributed by atoms with Crippen molar-refractivity contribution in [1.29, 1.82) is 0 Å². The number of primary amides is 1. The molecule has 7 nitrogen and oxygen atoms in total. The Morgan fingerprint density at radius 3 is 2.24 bits per heavy atom. The zero-order chi connectivity index (χ0) is 28.0. The number of amides is 2. The van der Waals surface area contributed by atoms with Crippen molar-refractivity contribution in [3.05, 3.63) is 88.1 Å². The molecule has 0 aliphatic carbocycles. The number of nitrogens with one attached hydrogen (secondary N) is 1. The number of benzene rings is 2. The Labute approximate surface area is 209 Å². The number of carbonyl (C=O) groups excluding carboxylic acids is 2. The first kappa shape index (κ1) is 26.6. The largest absolute Gasteiger partial charge is 0.437 e. The smallest absolute Gasteiger partial charge is 0.364 e. The molecule has 0 saturated heterocycles. The monoisotopic (exact) mass is 539 g/mol. The summed E-state index contributed by atoms with van der Waals surface area (Å²) in [7, 11) is 0. The predicted octanol–water partition coefficient (Wildman–Crippen LogP) is 5.32. The van der Waals surface area contributed by atoms with E-state index < -0.39 is 58.2 Å². The first-order valence-electron chi connectivity index (χ1n) is 10.7. The molecule has 0 unspecified atom stereocenters. The molecule has 0 saturated carbocycles. The molecule has 2 amide bonds. The second-order valence-electron chi connectivity index (χ2n) is 8.17. The van der Waals surface area contributed by atoms with Gasteiger partial charge in [0, 0.05) is 5.39 Å². The summed E-state index contributed by atoms with van der Waals surface area (Å²) in [6.07, 6.45) is -9.63. The third-order valence-electron chi connectivity index (χ3n) is 5.61. The number of carbonyl (C=O) groups is 2. The Kier molecular flexibility index (Phi) is 6.59. The lowest BCUT2D eigenvalue weighted by atomic mass is 10.1. The maximum Gasteiger partial charge on any atom is 0.437 e. The summed E-state index contributed by atoms with van der Waals surface area (Å²) in [4.78, 5) is 28.7. The molecule has 0 aliphatic rings. The first-order valence-corrected chi connectivity index (χ1v) is 10.7. The van der Waals surface area contributed by atoms with Crippen molar-refractivity contribution in [3.8, 4) is 0 Å². The van der Waals surface area contributed by atoms with E-state index in [0.717, 1.165) is 41.1 Å². The molecule has 2 aromatic heterocycles. The summed E-state index contributed by atoms with van der Waals surface area (Å²) >= 11 is 0. The number of anilines is 1. The van der Waals surface area contributed by atoms with Crippen molar-refractivity contribution in [2.24, 2.45) is 5.73 Å². The van der Waals surface area contributed by atoms with Gasteiger partial charge in [-0.3, -0.25) is 14.3 Å². The molecule has 3 N–H and O–H groups in total. The van der Waals surface area contributed by atoms with Crippen LogP contribution in [0.3, 0.4) is 0 Å². The SMILES string of the molecule is Cc1c(NC(=O)c2cc(C(N)=O)nc3cccc(F)c23)c(C(F)(F)F)nn1Cc1ccc(C(F)(F)F)cc1. The lowest BCUT2D eigenvalue weighted by molar-refractivity contribution is -0.141. The van der Waals surface area contributed by atoms with Crippen molar-refractivity contribution in [3.63, 3.8) is 0 Å². The zero-order valence-corrected chi connectivity index (χ0v) is 19.2. The lowest BCUT2D eigenvalue weighted by Gasteiger charge is -2.12. The zero-order valence-electron chi connectivity index (χ0n) is 19.2. The maximum absolute atomic E-state index is 14.6. The van der Waals surface area contributed by atoms with Gasteiger partial charge in [0.1, 0.15) is 11.5 Å². The van der Waals surface area contributed by atoms with E-state index in [2.05, 4.69) is 15.4 Å². The van der Waals surface area contributed by atoms with Crippen LogP contribution < -0.4 is 11.1 Å². The van der Waals surface area contributed by atoms with Crippen LogP contribution in [0, 0.1) is 12.7 Å². The van der Waals surface area contributed by atoms with E-state index in [1.807, 2.05) is 0 Å². The van der Waals surface area contributed by atoms with Crippen LogP contribution in [0.2, 0.25) is 0 Å². The van der Waals surface area contributed by atoms with Gasteiger partial charge in [0.2, 0.25) is 0 Å². The molecule has 0 radical (unpaired) electrons. The molecule has 0 bridgehead atoms. The molecule has 0 spiro atoms. The van der Waals surface area contributed by atoms with Gasteiger partial charge in [-0.25, -0.2) is 9.37 Å². The van der Waals surface area contributed by atoms with Crippen LogP contribution in [0.5, 0.6) is 0 Å². The maximum atomic E-state index is 14.6. The summed E-state index contributed by atoms with van der Waals surface area (Å²) < 4.78 is 95.3. The van der Waals surface area contributed by atoms with Crippen LogP contribution in [-0.4, -0.2) is 26.6 Å². The van der Waals surface area contributed by atoms with Gasteiger partial charge in [0.05, 0.1) is 34.6 Å². The van der Waals surface area contributed by atoms with Crippen molar-refractivity contribution in [1.82, 2.24) is 14.8 Å². The Morgan fingerprint density at radius 1 is 1.00 bits per heavy atom. The summed E-state index contributed by atoms with van der Waals surface area (Å²) in [5.41, 5.74) is 1.05. The molecule has 4 rings (SSSR count). The van der Waals surface area contributed by atoms with E-state index in [9.17, 15) is 40.3 Å². The average molecular weight is 539 g/mol. The highest BCUT2D eigenvalue weighted by Crippen LogP contribution is 2.37. The molecule has 2 aromatic carbocycles. The van der Waals surface area contributed by atoms with Crippen LogP contribution in [-0.2, 0) is 18.9 Å². The number of hydrogen-bond acceptors (Lipinski definition) is 4. The van der Waals surface area contributed by atoms with E-state index in [4.69, 9.17) is 5.73 Å². The third-order valence-corrected chi connectivity index (χ3v) is 5.61. The van der Waals surface area contributed by atoms with E-state index in [1.165, 1.54) is 19.1 Å².